The number of aromatic nitrogens is 3. The molecule has 0 saturated heterocycles. The standard InChI is InChI=1S/C19H21BrN4O3/c1-5-14-13(18(26-3)24(2)23-14)10-21-16-9-17(19(25)27-4)22-15-7-6-11(20)8-12(15)16/h6-9H,5,10H2,1-4H3,(H,21,22). The number of anilines is 1. The zero-order valence-electron chi connectivity index (χ0n) is 15.7. The van der Waals surface area contributed by atoms with Gasteiger partial charge in [0.25, 0.3) is 0 Å². The van der Waals surface area contributed by atoms with Crippen molar-refractivity contribution in [1.29, 1.82) is 0 Å². The van der Waals surface area contributed by atoms with E-state index in [1.165, 1.54) is 7.11 Å². The lowest BCUT2D eigenvalue weighted by atomic mass is 10.1. The molecule has 3 rings (SSSR count). The van der Waals surface area contributed by atoms with Gasteiger partial charge in [-0.2, -0.15) is 5.10 Å². The highest BCUT2D eigenvalue weighted by Gasteiger charge is 2.17. The maximum absolute atomic E-state index is 12.0. The predicted octanol–water partition coefficient (Wildman–Crippen LogP) is 3.70. The van der Waals surface area contributed by atoms with Gasteiger partial charge in [-0.1, -0.05) is 22.9 Å². The van der Waals surface area contributed by atoms with Crippen molar-refractivity contribution in [3.8, 4) is 5.88 Å². The highest BCUT2D eigenvalue weighted by molar-refractivity contribution is 9.10. The van der Waals surface area contributed by atoms with E-state index in [9.17, 15) is 4.79 Å². The molecular formula is C19H21BrN4O3. The molecule has 0 atom stereocenters. The van der Waals surface area contributed by atoms with Crippen LogP contribution >= 0.6 is 15.9 Å². The minimum absolute atomic E-state index is 0.253. The van der Waals surface area contributed by atoms with Gasteiger partial charge in [0.2, 0.25) is 5.88 Å². The van der Waals surface area contributed by atoms with E-state index in [1.807, 2.05) is 25.2 Å². The molecule has 0 bridgehead atoms. The van der Waals surface area contributed by atoms with Crippen LogP contribution in [0.2, 0.25) is 0 Å². The first kappa shape index (κ1) is 19.2. The number of halogens is 1. The number of rotatable bonds is 6. The van der Waals surface area contributed by atoms with Gasteiger partial charge in [-0.05, 0) is 30.7 Å². The maximum atomic E-state index is 12.0. The lowest BCUT2D eigenvalue weighted by Crippen LogP contribution is -2.08. The fourth-order valence-electron chi connectivity index (χ4n) is 3.06. The van der Waals surface area contributed by atoms with Crippen LogP contribution in [0, 0.1) is 0 Å². The smallest absolute Gasteiger partial charge is 0.356 e. The molecule has 142 valence electrons. The highest BCUT2D eigenvalue weighted by atomic mass is 79.9. The molecule has 0 unspecified atom stereocenters. The molecule has 0 aliphatic rings. The lowest BCUT2D eigenvalue weighted by Gasteiger charge is -2.13. The summed E-state index contributed by atoms with van der Waals surface area (Å²) in [6.45, 7) is 2.56. The number of nitrogens with zero attached hydrogens (tertiary/aromatic N) is 3. The van der Waals surface area contributed by atoms with Crippen LogP contribution in [0.4, 0.5) is 5.69 Å². The normalized spacial score (nSPS) is 10.9. The summed E-state index contributed by atoms with van der Waals surface area (Å²) in [5.74, 6) is 0.239. The van der Waals surface area contributed by atoms with Crippen LogP contribution in [-0.4, -0.2) is 35.0 Å². The first-order valence-electron chi connectivity index (χ1n) is 8.49. The second-order valence-electron chi connectivity index (χ2n) is 5.97. The van der Waals surface area contributed by atoms with Gasteiger partial charge in [0, 0.05) is 29.1 Å². The fourth-order valence-corrected chi connectivity index (χ4v) is 3.42. The molecular weight excluding hydrogens is 412 g/mol. The molecule has 0 spiro atoms. The molecule has 7 nitrogen and oxygen atoms in total. The Balaban J connectivity index is 2.04. The van der Waals surface area contributed by atoms with Gasteiger partial charge in [0.15, 0.2) is 5.69 Å². The fraction of sp³-hybridized carbons (Fsp3) is 0.316. The lowest BCUT2D eigenvalue weighted by molar-refractivity contribution is 0.0594. The molecule has 2 aromatic heterocycles. The minimum Gasteiger partial charge on any atom is -0.481 e. The number of fused-ring (bicyclic) bond motifs is 1. The maximum Gasteiger partial charge on any atom is 0.356 e. The van der Waals surface area contributed by atoms with Gasteiger partial charge >= 0.3 is 5.97 Å². The average Bonchev–Trinajstić information content (AvgIpc) is 2.99. The van der Waals surface area contributed by atoms with Crippen LogP contribution in [0.3, 0.4) is 0 Å². The molecule has 3 aromatic rings. The summed E-state index contributed by atoms with van der Waals surface area (Å²) in [6.07, 6.45) is 0.796. The van der Waals surface area contributed by atoms with E-state index in [2.05, 4.69) is 38.3 Å². The number of hydrogen-bond donors (Lipinski definition) is 1. The van der Waals surface area contributed by atoms with Crippen LogP contribution in [0.5, 0.6) is 5.88 Å². The number of aryl methyl sites for hydroxylation is 2. The molecule has 2 heterocycles. The predicted molar refractivity (Wildman–Crippen MR) is 107 cm³/mol. The topological polar surface area (TPSA) is 78.3 Å². The van der Waals surface area contributed by atoms with Crippen molar-refractivity contribution in [3.63, 3.8) is 0 Å². The molecule has 27 heavy (non-hydrogen) atoms. The summed E-state index contributed by atoms with van der Waals surface area (Å²) >= 11 is 3.49. The summed E-state index contributed by atoms with van der Waals surface area (Å²) in [5, 5.41) is 8.82. The third-order valence-corrected chi connectivity index (χ3v) is 4.81. The summed E-state index contributed by atoms with van der Waals surface area (Å²) < 4.78 is 13.0. The van der Waals surface area contributed by atoms with Gasteiger partial charge in [0.05, 0.1) is 31.0 Å². The van der Waals surface area contributed by atoms with Gasteiger partial charge < -0.3 is 14.8 Å². The van der Waals surface area contributed by atoms with Gasteiger partial charge in [-0.25, -0.2) is 14.5 Å². The number of carbonyl (C=O) groups is 1. The molecule has 8 heteroatoms. The Morgan fingerprint density at radius 2 is 2.07 bits per heavy atom. The van der Waals surface area contributed by atoms with E-state index in [0.717, 1.165) is 33.2 Å². The van der Waals surface area contributed by atoms with E-state index in [0.29, 0.717) is 17.9 Å². The third kappa shape index (κ3) is 3.75. The number of pyridine rings is 1. The Morgan fingerprint density at radius 3 is 2.74 bits per heavy atom. The number of hydrogen-bond acceptors (Lipinski definition) is 6. The van der Waals surface area contributed by atoms with Gasteiger partial charge in [-0.3, -0.25) is 0 Å². The van der Waals surface area contributed by atoms with E-state index < -0.39 is 5.97 Å². The number of carbonyl (C=O) groups excluding carboxylic acids is 1. The number of benzene rings is 1. The first-order valence-corrected chi connectivity index (χ1v) is 9.29. The van der Waals surface area contributed by atoms with Crippen molar-refractivity contribution in [2.24, 2.45) is 7.05 Å². The van der Waals surface area contributed by atoms with Crippen LogP contribution in [0.1, 0.15) is 28.7 Å². The monoisotopic (exact) mass is 432 g/mol. The van der Waals surface area contributed by atoms with Crippen LogP contribution in [0.25, 0.3) is 10.9 Å². The SMILES string of the molecule is CCc1nn(C)c(OC)c1CNc1cc(C(=O)OC)nc2ccc(Br)cc12. The zero-order chi connectivity index (χ0) is 19.6. The number of esters is 1. The van der Waals surface area contributed by atoms with Crippen LogP contribution in [-0.2, 0) is 24.8 Å². The molecule has 0 fully saturated rings. The van der Waals surface area contributed by atoms with Gasteiger partial charge in [0.1, 0.15) is 0 Å². The van der Waals surface area contributed by atoms with Crippen LogP contribution < -0.4 is 10.1 Å². The molecule has 1 aromatic carbocycles. The Bertz CT molecular complexity index is 1000. The molecule has 0 aliphatic heterocycles. The Morgan fingerprint density at radius 1 is 1.30 bits per heavy atom. The second kappa shape index (κ2) is 7.96. The highest BCUT2D eigenvalue weighted by Crippen LogP contribution is 2.29. The number of ether oxygens (including phenoxy) is 2. The summed E-state index contributed by atoms with van der Waals surface area (Å²) in [6, 6.07) is 7.42. The molecule has 0 saturated carbocycles. The van der Waals surface area contributed by atoms with Crippen molar-refractivity contribution in [2.75, 3.05) is 19.5 Å². The largest absolute Gasteiger partial charge is 0.481 e. The van der Waals surface area contributed by atoms with Crippen molar-refractivity contribution in [2.45, 2.75) is 19.9 Å². The molecule has 1 N–H and O–H groups in total. The Hall–Kier alpha value is -2.61. The molecule has 0 aliphatic carbocycles. The van der Waals surface area contributed by atoms with Crippen molar-refractivity contribution in [1.82, 2.24) is 14.8 Å². The molecule has 0 amide bonds. The Labute approximate surface area is 165 Å². The summed E-state index contributed by atoms with van der Waals surface area (Å²) in [4.78, 5) is 16.4. The van der Waals surface area contributed by atoms with Crippen molar-refractivity contribution < 1.29 is 14.3 Å². The van der Waals surface area contributed by atoms with Crippen molar-refractivity contribution >= 4 is 38.5 Å². The number of nitrogens with one attached hydrogen (secondary N) is 1. The summed E-state index contributed by atoms with van der Waals surface area (Å²) in [5.41, 5.74) is 3.70. The molecule has 0 radical (unpaired) electrons. The van der Waals surface area contributed by atoms with E-state index in [1.54, 1.807) is 17.9 Å². The number of methoxy groups -OCH3 is 2. The first-order chi connectivity index (χ1) is 13.0. The van der Waals surface area contributed by atoms with E-state index >= 15 is 0 Å². The van der Waals surface area contributed by atoms with Crippen LogP contribution in [0.15, 0.2) is 28.7 Å². The minimum atomic E-state index is -0.476. The average molecular weight is 433 g/mol. The van der Waals surface area contributed by atoms with Gasteiger partial charge in [-0.15, -0.1) is 0 Å². The third-order valence-electron chi connectivity index (χ3n) is 4.32. The quantitative estimate of drug-likeness (QED) is 0.598. The Kier molecular flexibility index (Phi) is 5.65. The van der Waals surface area contributed by atoms with E-state index in [4.69, 9.17) is 9.47 Å². The second-order valence-corrected chi connectivity index (χ2v) is 6.89. The zero-order valence-corrected chi connectivity index (χ0v) is 17.3. The van der Waals surface area contributed by atoms with Crippen molar-refractivity contribution in [3.05, 3.63) is 45.7 Å². The van der Waals surface area contributed by atoms with E-state index in [-0.39, 0.29) is 5.69 Å². The summed E-state index contributed by atoms with van der Waals surface area (Å²) in [7, 11) is 4.83.